The summed E-state index contributed by atoms with van der Waals surface area (Å²) in [6, 6.07) is 0. The van der Waals surface area contributed by atoms with Crippen molar-refractivity contribution in [3.63, 3.8) is 0 Å². The summed E-state index contributed by atoms with van der Waals surface area (Å²) in [5.41, 5.74) is 0. The van der Waals surface area contributed by atoms with Gasteiger partial charge in [0.1, 0.15) is 0 Å². The molecule has 0 saturated carbocycles. The van der Waals surface area contributed by atoms with Crippen LogP contribution >= 0.6 is 0 Å². The van der Waals surface area contributed by atoms with Crippen LogP contribution in [0.3, 0.4) is 0 Å². The third kappa shape index (κ3) is 13.5. The van der Waals surface area contributed by atoms with Crippen LogP contribution in [0.5, 0.6) is 0 Å². The molecule has 1 N–H and O–H groups in total. The molecule has 13 nitrogen and oxygen atoms in total. The summed E-state index contributed by atoms with van der Waals surface area (Å²) in [5.74, 6) is 0. The smallest absolute Gasteiger partial charge is 0.181 e. The van der Waals surface area contributed by atoms with Crippen LogP contribution in [0.4, 0.5) is 0 Å². The van der Waals surface area contributed by atoms with Crippen LogP contribution in [0.1, 0.15) is 0 Å². The number of hydrogen-bond acceptors (Lipinski definition) is 13. The molecule has 0 rings (SSSR count). The predicted octanol–water partition coefficient (Wildman–Crippen LogP) is -1.17. The van der Waals surface area contributed by atoms with E-state index in [2.05, 4.69) is 60.2 Å². The summed E-state index contributed by atoms with van der Waals surface area (Å²) in [6.45, 7) is -0.769. The fraction of sp³-hybridized carbons (Fsp3) is 1.00. The molecule has 0 bridgehead atoms. The van der Waals surface area contributed by atoms with Crippen molar-refractivity contribution in [1.29, 1.82) is 0 Å². The molecule has 0 aliphatic rings. The van der Waals surface area contributed by atoms with E-state index in [-0.39, 0.29) is 0 Å². The first-order valence-corrected chi connectivity index (χ1v) is 2.85. The Kier molecular flexibility index (Phi) is 13.0. The molecule has 0 aromatic heterocycles. The molecule has 0 aliphatic carbocycles. The monoisotopic (exact) mass is 238 g/mol. The van der Waals surface area contributed by atoms with Gasteiger partial charge >= 0.3 is 0 Å². The molecule has 0 radical (unpaired) electrons. The molecular weight excluding hydrogens is 232 g/mol. The van der Waals surface area contributed by atoms with Crippen molar-refractivity contribution in [2.75, 3.05) is 13.9 Å². The van der Waals surface area contributed by atoms with Gasteiger partial charge in [-0.3, -0.25) is 0 Å². The molecule has 0 spiro atoms. The van der Waals surface area contributed by atoms with Gasteiger partial charge < -0.3 is 5.11 Å². The van der Waals surface area contributed by atoms with Crippen molar-refractivity contribution in [3.8, 4) is 0 Å². The summed E-state index contributed by atoms with van der Waals surface area (Å²) < 4.78 is 0. The summed E-state index contributed by atoms with van der Waals surface area (Å²) in [5, 5.41) is 43.5. The first-order valence-electron chi connectivity index (χ1n) is 2.85. The van der Waals surface area contributed by atoms with Gasteiger partial charge in [-0.25, -0.2) is 4.89 Å². The van der Waals surface area contributed by atoms with Gasteiger partial charge in [0.05, 0.1) is 7.11 Å². The van der Waals surface area contributed by atoms with E-state index in [9.17, 15) is 0 Å². The standard InChI is InChI=1S/C2H6O13/c1-4-6-8-10-12-14-15-13-11-9-7-5-2-3/h3H,2H2,1H3. The maximum absolute atomic E-state index is 7.96. The van der Waals surface area contributed by atoms with Gasteiger partial charge in [-0.1, -0.05) is 0 Å². The lowest BCUT2D eigenvalue weighted by Gasteiger charge is -1.98. The second-order valence-corrected chi connectivity index (χ2v) is 1.09. The minimum atomic E-state index is -0.769. The Bertz CT molecular complexity index is 92.7. The van der Waals surface area contributed by atoms with Crippen molar-refractivity contribution < 1.29 is 65.3 Å². The minimum Gasteiger partial charge on any atom is -0.368 e. The van der Waals surface area contributed by atoms with Crippen molar-refractivity contribution in [3.05, 3.63) is 0 Å². The average molecular weight is 238 g/mol. The van der Waals surface area contributed by atoms with Gasteiger partial charge in [-0.05, 0) is 50.4 Å². The van der Waals surface area contributed by atoms with Crippen molar-refractivity contribution in [2.45, 2.75) is 0 Å². The first-order chi connectivity index (χ1) is 7.41. The normalized spacial score (nSPS) is 10.8. The van der Waals surface area contributed by atoms with E-state index in [1.54, 1.807) is 0 Å². The van der Waals surface area contributed by atoms with Crippen molar-refractivity contribution >= 4 is 0 Å². The Morgan fingerprint density at radius 1 is 0.667 bits per heavy atom. The van der Waals surface area contributed by atoms with E-state index in [1.165, 1.54) is 0 Å². The second-order valence-electron chi connectivity index (χ2n) is 1.09. The molecule has 0 atom stereocenters. The van der Waals surface area contributed by atoms with Gasteiger partial charge in [0.15, 0.2) is 6.79 Å². The molecule has 0 fully saturated rings. The van der Waals surface area contributed by atoms with Gasteiger partial charge in [-0.15, -0.1) is 0 Å². The Morgan fingerprint density at radius 2 is 1.07 bits per heavy atom. The first kappa shape index (κ1) is 14.5. The van der Waals surface area contributed by atoms with Gasteiger partial charge in [0.2, 0.25) is 0 Å². The molecule has 0 aromatic rings. The van der Waals surface area contributed by atoms with E-state index in [0.29, 0.717) is 0 Å². The number of aliphatic hydroxyl groups is 1. The Balaban J connectivity index is 2.81. The molecule has 0 aromatic carbocycles. The molecule has 0 aliphatic heterocycles. The molecule has 15 heavy (non-hydrogen) atoms. The van der Waals surface area contributed by atoms with Gasteiger partial charge in [-0.2, -0.15) is 4.89 Å². The summed E-state index contributed by atoms with van der Waals surface area (Å²) >= 11 is 0. The van der Waals surface area contributed by atoms with Crippen LogP contribution in [0, 0.1) is 0 Å². The van der Waals surface area contributed by atoms with Crippen LogP contribution < -0.4 is 0 Å². The molecule has 0 heterocycles. The SMILES string of the molecule is COOOOOOOOOOOOCO. The summed E-state index contributed by atoms with van der Waals surface area (Å²) in [7, 11) is 1.13. The van der Waals surface area contributed by atoms with Crippen LogP contribution in [0.2, 0.25) is 0 Å². The quantitative estimate of drug-likeness (QED) is 0.189. The van der Waals surface area contributed by atoms with E-state index in [4.69, 9.17) is 5.11 Å². The maximum Gasteiger partial charge on any atom is 0.181 e. The highest BCUT2D eigenvalue weighted by molar-refractivity contribution is 3.61. The topological polar surface area (TPSA) is 131 Å². The fourth-order valence-electron chi connectivity index (χ4n) is 0.160. The number of aliphatic hydroxyl groups excluding tert-OH is 1. The largest absolute Gasteiger partial charge is 0.368 e. The lowest BCUT2D eigenvalue weighted by atomic mass is 11.5. The van der Waals surface area contributed by atoms with E-state index >= 15 is 0 Å². The molecule has 92 valence electrons. The Hall–Kier alpha value is -0.520. The van der Waals surface area contributed by atoms with Crippen LogP contribution in [-0.4, -0.2) is 19.0 Å². The lowest BCUT2D eigenvalue weighted by molar-refractivity contribution is -0.863. The highest BCUT2D eigenvalue weighted by Gasteiger charge is 1.96. The molecular formula is C2H6O13. The highest BCUT2D eigenvalue weighted by atomic mass is 18.0. The fourth-order valence-corrected chi connectivity index (χ4v) is 0.160. The molecule has 0 unspecified atom stereocenters. The zero-order chi connectivity index (χ0) is 11.2. The number of hydrogen-bond donors (Lipinski definition) is 1. The zero-order valence-corrected chi connectivity index (χ0v) is 7.05. The van der Waals surface area contributed by atoms with E-state index < -0.39 is 6.79 Å². The molecule has 0 amide bonds. The Labute approximate surface area is 80.5 Å². The van der Waals surface area contributed by atoms with Gasteiger partial charge in [0.25, 0.3) is 0 Å². The number of rotatable bonds is 12. The lowest BCUT2D eigenvalue weighted by Crippen LogP contribution is -2.03. The predicted molar refractivity (Wildman–Crippen MR) is 26.0 cm³/mol. The zero-order valence-electron chi connectivity index (χ0n) is 7.05. The summed E-state index contributed by atoms with van der Waals surface area (Å²) in [4.78, 5) is 7.61. The van der Waals surface area contributed by atoms with Crippen LogP contribution in [-0.2, 0) is 60.2 Å². The highest BCUT2D eigenvalue weighted by Crippen LogP contribution is 1.90. The van der Waals surface area contributed by atoms with E-state index in [1.807, 2.05) is 0 Å². The third-order valence-electron chi connectivity index (χ3n) is 0.419. The van der Waals surface area contributed by atoms with Crippen molar-refractivity contribution in [2.24, 2.45) is 0 Å². The summed E-state index contributed by atoms with van der Waals surface area (Å²) in [6.07, 6.45) is 0. The Morgan fingerprint density at radius 3 is 1.47 bits per heavy atom. The van der Waals surface area contributed by atoms with Gasteiger partial charge in [0, 0.05) is 0 Å². The molecule has 0 saturated heterocycles. The van der Waals surface area contributed by atoms with Crippen molar-refractivity contribution in [1.82, 2.24) is 0 Å². The average Bonchev–Trinajstić information content (AvgIpc) is 2.26. The van der Waals surface area contributed by atoms with E-state index in [0.717, 1.165) is 7.11 Å². The minimum absolute atomic E-state index is 0.769. The molecule has 13 heteroatoms. The maximum atomic E-state index is 7.96. The van der Waals surface area contributed by atoms with Crippen LogP contribution in [0.25, 0.3) is 0 Å². The van der Waals surface area contributed by atoms with Crippen LogP contribution in [0.15, 0.2) is 0 Å². The third-order valence-corrected chi connectivity index (χ3v) is 0.419. The second kappa shape index (κ2) is 13.5.